The number of hydrogen-bond donors (Lipinski definition) is 2. The Morgan fingerprint density at radius 1 is 1.39 bits per heavy atom. The Balaban J connectivity index is 2.89. The van der Waals surface area contributed by atoms with Crippen molar-refractivity contribution in [1.82, 2.24) is 5.32 Å². The van der Waals surface area contributed by atoms with Gasteiger partial charge in [-0.05, 0) is 24.6 Å². The molecule has 1 aromatic carbocycles. The molecule has 0 heterocycles. The lowest BCUT2D eigenvalue weighted by Crippen LogP contribution is -2.24. The van der Waals surface area contributed by atoms with Gasteiger partial charge in [0.05, 0.1) is 16.8 Å². The summed E-state index contributed by atoms with van der Waals surface area (Å²) >= 11 is 5.94. The highest BCUT2D eigenvalue weighted by molar-refractivity contribution is 7.92. The Kier molecular flexibility index (Phi) is 4.98. The molecule has 7 heteroatoms. The fourth-order valence-corrected chi connectivity index (χ4v) is 2.13. The van der Waals surface area contributed by atoms with Crippen LogP contribution in [-0.2, 0) is 10.0 Å². The molecule has 1 rings (SSSR count). The topological polar surface area (TPSA) is 75.3 Å². The smallest absolute Gasteiger partial charge is 0.252 e. The quantitative estimate of drug-likeness (QED) is 0.869. The monoisotopic (exact) mass is 290 g/mol. The Morgan fingerprint density at radius 2 is 2.06 bits per heavy atom. The molecule has 5 nitrogen and oxygen atoms in total. The van der Waals surface area contributed by atoms with E-state index in [1.54, 1.807) is 0 Å². The zero-order chi connectivity index (χ0) is 13.8. The van der Waals surface area contributed by atoms with E-state index in [0.29, 0.717) is 17.8 Å². The third kappa shape index (κ3) is 4.54. The van der Waals surface area contributed by atoms with Crippen LogP contribution in [0.15, 0.2) is 18.2 Å². The molecule has 0 aromatic heterocycles. The third-order valence-corrected chi connectivity index (χ3v) is 2.97. The molecule has 0 fully saturated rings. The number of amides is 1. The Bertz CT molecular complexity index is 543. The molecular formula is C11H15ClN2O3S. The first-order valence-corrected chi connectivity index (χ1v) is 7.66. The van der Waals surface area contributed by atoms with Gasteiger partial charge in [-0.15, -0.1) is 0 Å². The lowest BCUT2D eigenvalue weighted by Gasteiger charge is -2.08. The van der Waals surface area contributed by atoms with Crippen LogP contribution in [0, 0.1) is 0 Å². The van der Waals surface area contributed by atoms with Crippen molar-refractivity contribution in [2.45, 2.75) is 13.3 Å². The van der Waals surface area contributed by atoms with Crippen molar-refractivity contribution >= 4 is 33.2 Å². The summed E-state index contributed by atoms with van der Waals surface area (Å²) in [5.74, 6) is -0.271. The minimum Gasteiger partial charge on any atom is -0.352 e. The van der Waals surface area contributed by atoms with Crippen LogP contribution >= 0.6 is 11.6 Å². The molecule has 2 N–H and O–H groups in total. The van der Waals surface area contributed by atoms with Gasteiger partial charge in [0.15, 0.2) is 0 Å². The molecule has 0 atom stereocenters. The molecular weight excluding hydrogens is 276 g/mol. The van der Waals surface area contributed by atoms with Crippen LogP contribution in [0.4, 0.5) is 5.69 Å². The van der Waals surface area contributed by atoms with E-state index in [-0.39, 0.29) is 10.9 Å². The molecule has 0 aliphatic carbocycles. The van der Waals surface area contributed by atoms with Gasteiger partial charge in [0.2, 0.25) is 10.0 Å². The molecule has 1 aromatic rings. The number of hydrogen-bond acceptors (Lipinski definition) is 3. The lowest BCUT2D eigenvalue weighted by atomic mass is 10.2. The maximum Gasteiger partial charge on any atom is 0.252 e. The average Bonchev–Trinajstić information content (AvgIpc) is 2.23. The van der Waals surface area contributed by atoms with E-state index in [1.165, 1.54) is 18.2 Å². The molecule has 0 aliphatic heterocycles. The number of nitrogens with one attached hydrogen (secondary N) is 2. The summed E-state index contributed by atoms with van der Waals surface area (Å²) in [6, 6.07) is 4.39. The molecule has 0 aliphatic rings. The van der Waals surface area contributed by atoms with Crippen molar-refractivity contribution in [3.63, 3.8) is 0 Å². The van der Waals surface area contributed by atoms with Gasteiger partial charge in [-0.3, -0.25) is 9.52 Å². The van der Waals surface area contributed by atoms with Gasteiger partial charge < -0.3 is 5.32 Å². The largest absolute Gasteiger partial charge is 0.352 e. The van der Waals surface area contributed by atoms with Gasteiger partial charge in [-0.25, -0.2) is 8.42 Å². The highest BCUT2D eigenvalue weighted by Gasteiger charge is 2.11. The number of halogens is 1. The van der Waals surface area contributed by atoms with Crippen LogP contribution in [0.5, 0.6) is 0 Å². The molecule has 18 heavy (non-hydrogen) atoms. The number of sulfonamides is 1. The number of anilines is 1. The minimum absolute atomic E-state index is 0.206. The van der Waals surface area contributed by atoms with E-state index in [2.05, 4.69) is 10.0 Å². The van der Waals surface area contributed by atoms with Crippen molar-refractivity contribution in [3.05, 3.63) is 28.8 Å². The summed E-state index contributed by atoms with van der Waals surface area (Å²) in [5.41, 5.74) is 0.652. The van der Waals surface area contributed by atoms with E-state index < -0.39 is 10.0 Å². The molecule has 100 valence electrons. The summed E-state index contributed by atoms with van der Waals surface area (Å²) in [5, 5.41) is 2.90. The fourth-order valence-electron chi connectivity index (χ4n) is 1.31. The van der Waals surface area contributed by atoms with Crippen LogP contribution in [0.2, 0.25) is 5.02 Å². The van der Waals surface area contributed by atoms with Crippen molar-refractivity contribution in [3.8, 4) is 0 Å². The number of rotatable bonds is 5. The fraction of sp³-hybridized carbons (Fsp3) is 0.364. The molecule has 0 spiro atoms. The van der Waals surface area contributed by atoms with Crippen molar-refractivity contribution in [2.75, 3.05) is 17.5 Å². The highest BCUT2D eigenvalue weighted by atomic mass is 35.5. The third-order valence-electron chi connectivity index (χ3n) is 2.05. The van der Waals surface area contributed by atoms with Crippen molar-refractivity contribution in [2.24, 2.45) is 0 Å². The Labute approximate surface area is 112 Å². The molecule has 1 amide bonds. The Morgan fingerprint density at radius 3 is 2.56 bits per heavy atom. The first kappa shape index (κ1) is 14.8. The van der Waals surface area contributed by atoms with E-state index in [9.17, 15) is 13.2 Å². The Hall–Kier alpha value is -1.27. The summed E-state index contributed by atoms with van der Waals surface area (Å²) in [6.45, 7) is 2.51. The molecule has 0 bridgehead atoms. The maximum atomic E-state index is 11.7. The standard InChI is InChI=1S/C11H15ClN2O3S/c1-3-6-13-11(15)9-5-4-8(7-10(9)12)14-18(2,16)17/h4-5,7,14H,3,6H2,1-2H3,(H,13,15). The van der Waals surface area contributed by atoms with Crippen molar-refractivity contribution in [1.29, 1.82) is 0 Å². The van der Waals surface area contributed by atoms with E-state index >= 15 is 0 Å². The second-order valence-electron chi connectivity index (χ2n) is 3.82. The minimum atomic E-state index is -3.35. The van der Waals surface area contributed by atoms with Gasteiger partial charge in [0, 0.05) is 12.2 Å². The molecule has 0 saturated heterocycles. The van der Waals surface area contributed by atoms with Crippen LogP contribution in [0.25, 0.3) is 0 Å². The number of carbonyl (C=O) groups excluding carboxylic acids is 1. The summed E-state index contributed by atoms with van der Waals surface area (Å²) in [7, 11) is -3.35. The van der Waals surface area contributed by atoms with Gasteiger partial charge in [-0.1, -0.05) is 18.5 Å². The predicted octanol–water partition coefficient (Wildman–Crippen LogP) is 1.85. The molecule has 0 unspecified atom stereocenters. The van der Waals surface area contributed by atoms with E-state index in [4.69, 9.17) is 11.6 Å². The maximum absolute atomic E-state index is 11.7. The van der Waals surface area contributed by atoms with Crippen LogP contribution in [0.3, 0.4) is 0 Å². The van der Waals surface area contributed by atoms with Gasteiger partial charge in [0.25, 0.3) is 5.91 Å². The second-order valence-corrected chi connectivity index (χ2v) is 5.98. The normalized spacial score (nSPS) is 11.1. The first-order valence-electron chi connectivity index (χ1n) is 5.39. The van der Waals surface area contributed by atoms with Gasteiger partial charge in [-0.2, -0.15) is 0 Å². The van der Waals surface area contributed by atoms with E-state index in [1.807, 2.05) is 6.92 Å². The second kappa shape index (κ2) is 6.06. The van der Waals surface area contributed by atoms with Crippen LogP contribution < -0.4 is 10.0 Å². The zero-order valence-electron chi connectivity index (χ0n) is 10.2. The van der Waals surface area contributed by atoms with Gasteiger partial charge in [0.1, 0.15) is 0 Å². The SMILES string of the molecule is CCCNC(=O)c1ccc(NS(C)(=O)=O)cc1Cl. The van der Waals surface area contributed by atoms with E-state index in [0.717, 1.165) is 12.7 Å². The first-order chi connectivity index (χ1) is 8.33. The lowest BCUT2D eigenvalue weighted by molar-refractivity contribution is 0.0954. The highest BCUT2D eigenvalue weighted by Crippen LogP contribution is 2.21. The average molecular weight is 291 g/mol. The van der Waals surface area contributed by atoms with Crippen LogP contribution in [-0.4, -0.2) is 27.1 Å². The zero-order valence-corrected chi connectivity index (χ0v) is 11.7. The van der Waals surface area contributed by atoms with Crippen molar-refractivity contribution < 1.29 is 13.2 Å². The van der Waals surface area contributed by atoms with Crippen LogP contribution in [0.1, 0.15) is 23.7 Å². The summed E-state index contributed by atoms with van der Waals surface area (Å²) < 4.78 is 24.4. The number of benzene rings is 1. The predicted molar refractivity (Wildman–Crippen MR) is 72.5 cm³/mol. The summed E-state index contributed by atoms with van der Waals surface area (Å²) in [4.78, 5) is 11.7. The number of carbonyl (C=O) groups is 1. The van der Waals surface area contributed by atoms with Gasteiger partial charge >= 0.3 is 0 Å². The summed E-state index contributed by atoms with van der Waals surface area (Å²) in [6.07, 6.45) is 1.87. The molecule has 0 radical (unpaired) electrons. The molecule has 0 saturated carbocycles.